The minimum absolute atomic E-state index is 0.222. The third-order valence-electron chi connectivity index (χ3n) is 6.53. The molecule has 4 atom stereocenters. The van der Waals surface area contributed by atoms with Gasteiger partial charge in [0.05, 0.1) is 23.7 Å². The van der Waals surface area contributed by atoms with Crippen LogP contribution in [0.25, 0.3) is 0 Å². The van der Waals surface area contributed by atoms with Gasteiger partial charge in [-0.25, -0.2) is 9.59 Å². The van der Waals surface area contributed by atoms with Crippen molar-refractivity contribution >= 4 is 35.8 Å². The highest BCUT2D eigenvalue weighted by molar-refractivity contribution is 6.04. The predicted octanol–water partition coefficient (Wildman–Crippen LogP) is 2.58. The zero-order valence-electron chi connectivity index (χ0n) is 19.5. The first-order valence-corrected chi connectivity index (χ1v) is 10.8. The fourth-order valence-electron chi connectivity index (χ4n) is 4.15. The molecule has 0 radical (unpaired) electrons. The molecular formula is C24H28O10. The van der Waals surface area contributed by atoms with E-state index < -0.39 is 59.5 Å². The lowest BCUT2D eigenvalue weighted by Crippen LogP contribution is -2.39. The number of allylic oxidation sites excluding steroid dienone is 4. The number of ether oxygens (including phenoxy) is 2. The van der Waals surface area contributed by atoms with E-state index >= 15 is 0 Å². The quantitative estimate of drug-likeness (QED) is 0.350. The second-order valence-corrected chi connectivity index (χ2v) is 8.85. The molecule has 3 aliphatic rings. The van der Waals surface area contributed by atoms with E-state index in [1.54, 1.807) is 0 Å². The van der Waals surface area contributed by atoms with Crippen molar-refractivity contribution in [3.05, 3.63) is 34.4 Å². The van der Waals surface area contributed by atoms with Crippen LogP contribution >= 0.6 is 0 Å². The lowest BCUT2D eigenvalue weighted by Gasteiger charge is -2.31. The van der Waals surface area contributed by atoms with Gasteiger partial charge in [0, 0.05) is 12.2 Å². The molecule has 10 heteroatoms. The average Bonchev–Trinajstić information content (AvgIpc) is 3.13. The molecule has 0 fully saturated rings. The molecule has 0 bridgehead atoms. The molecule has 184 valence electrons. The fraction of sp³-hybridized carbons (Fsp3) is 0.500. The van der Waals surface area contributed by atoms with E-state index in [1.807, 2.05) is 27.7 Å². The van der Waals surface area contributed by atoms with Gasteiger partial charge in [-0.15, -0.1) is 0 Å². The summed E-state index contributed by atoms with van der Waals surface area (Å²) in [5.74, 6) is -8.91. The van der Waals surface area contributed by atoms with Crippen molar-refractivity contribution in [1.82, 2.24) is 0 Å². The summed E-state index contributed by atoms with van der Waals surface area (Å²) in [5.41, 5.74) is 3.68. The summed E-state index contributed by atoms with van der Waals surface area (Å²) in [7, 11) is 0. The summed E-state index contributed by atoms with van der Waals surface area (Å²) in [6.07, 6.45) is 3.08. The monoisotopic (exact) mass is 476 g/mol. The smallest absolute Gasteiger partial charge is 0.338 e. The SMILES string of the molecule is CC1=C(C)C[C@@H](C(=O)O)[C@@H](C(=O)OC(=O)[C@@H]2CC(C)=C(C)C[C@@H]2C(=O)O)C1.O=C1C=CC(=O)O1. The maximum absolute atomic E-state index is 12.6. The molecule has 34 heavy (non-hydrogen) atoms. The minimum atomic E-state index is -1.10. The van der Waals surface area contributed by atoms with Gasteiger partial charge in [0.1, 0.15) is 0 Å². The Morgan fingerprint density at radius 3 is 1.21 bits per heavy atom. The second kappa shape index (κ2) is 11.0. The number of esters is 4. The van der Waals surface area contributed by atoms with E-state index in [2.05, 4.69) is 4.74 Å². The van der Waals surface area contributed by atoms with Crippen LogP contribution in [0.15, 0.2) is 34.4 Å². The molecule has 0 spiro atoms. The molecule has 10 nitrogen and oxygen atoms in total. The molecule has 0 unspecified atom stereocenters. The first kappa shape index (κ1) is 26.7. The van der Waals surface area contributed by atoms with Gasteiger partial charge >= 0.3 is 35.8 Å². The number of carbonyl (C=O) groups is 6. The molecule has 0 aromatic heterocycles. The minimum Gasteiger partial charge on any atom is -0.481 e. The van der Waals surface area contributed by atoms with Gasteiger partial charge in [-0.1, -0.05) is 22.3 Å². The van der Waals surface area contributed by atoms with Gasteiger partial charge in [-0.3, -0.25) is 19.2 Å². The Morgan fingerprint density at radius 1 is 0.676 bits per heavy atom. The van der Waals surface area contributed by atoms with E-state index in [4.69, 9.17) is 4.74 Å². The van der Waals surface area contributed by atoms with Crippen LogP contribution in [0.5, 0.6) is 0 Å². The molecule has 2 N–H and O–H groups in total. The maximum Gasteiger partial charge on any atom is 0.338 e. The number of hydrogen-bond donors (Lipinski definition) is 2. The number of hydrogen-bond acceptors (Lipinski definition) is 8. The van der Waals surface area contributed by atoms with Gasteiger partial charge in [-0.05, 0) is 53.4 Å². The van der Waals surface area contributed by atoms with Crippen LogP contribution in [-0.2, 0) is 38.2 Å². The molecule has 0 saturated heterocycles. The zero-order valence-corrected chi connectivity index (χ0v) is 19.5. The van der Waals surface area contributed by atoms with Crippen LogP contribution in [0.3, 0.4) is 0 Å². The van der Waals surface area contributed by atoms with E-state index in [9.17, 15) is 39.0 Å². The molecule has 1 heterocycles. The third-order valence-corrected chi connectivity index (χ3v) is 6.53. The molecule has 3 rings (SSSR count). The van der Waals surface area contributed by atoms with Crippen molar-refractivity contribution in [1.29, 1.82) is 0 Å². The second-order valence-electron chi connectivity index (χ2n) is 8.85. The normalized spacial score (nSPS) is 26.5. The van der Waals surface area contributed by atoms with Crippen LogP contribution in [0.1, 0.15) is 53.4 Å². The highest BCUT2D eigenvalue weighted by atomic mass is 16.6. The summed E-state index contributed by atoms with van der Waals surface area (Å²) in [6.45, 7) is 7.31. The number of carboxylic acids is 2. The number of aliphatic carboxylic acids is 2. The summed E-state index contributed by atoms with van der Waals surface area (Å²) in [4.78, 5) is 68.0. The molecule has 0 saturated carbocycles. The van der Waals surface area contributed by atoms with Gasteiger partial charge in [0.15, 0.2) is 0 Å². The van der Waals surface area contributed by atoms with Crippen molar-refractivity contribution < 1.29 is 48.5 Å². The largest absolute Gasteiger partial charge is 0.481 e. The lowest BCUT2D eigenvalue weighted by atomic mass is 9.76. The van der Waals surface area contributed by atoms with Crippen LogP contribution < -0.4 is 0 Å². The first-order chi connectivity index (χ1) is 15.8. The van der Waals surface area contributed by atoms with Crippen molar-refractivity contribution in [3.63, 3.8) is 0 Å². The standard InChI is InChI=1S/C20H26O7.C4H2O3/c1-9-5-13(17(21)22)15(7-11(9)3)19(25)27-20(26)16-8-12(4)10(2)6-14(16)18(23)24;5-3-1-2-4(6)7-3/h13-16H,5-8H2,1-4H3,(H,21,22)(H,23,24);1-2H/t13-,14+,15+,16-;. The fourth-order valence-corrected chi connectivity index (χ4v) is 4.15. The van der Waals surface area contributed by atoms with Crippen LogP contribution in [0.2, 0.25) is 0 Å². The summed E-state index contributed by atoms with van der Waals surface area (Å²) >= 11 is 0. The summed E-state index contributed by atoms with van der Waals surface area (Å²) in [6, 6.07) is 0. The number of carboxylic acid groups (broad SMARTS) is 2. The average molecular weight is 476 g/mol. The topological polar surface area (TPSA) is 161 Å². The number of carbonyl (C=O) groups excluding carboxylic acids is 4. The Balaban J connectivity index is 0.000000497. The highest BCUT2D eigenvalue weighted by Gasteiger charge is 2.43. The van der Waals surface area contributed by atoms with Gasteiger partial charge < -0.3 is 19.7 Å². The van der Waals surface area contributed by atoms with E-state index in [-0.39, 0.29) is 25.7 Å². The zero-order chi connectivity index (χ0) is 25.7. The Bertz CT molecular complexity index is 935. The van der Waals surface area contributed by atoms with Gasteiger partial charge in [0.25, 0.3) is 0 Å². The Morgan fingerprint density at radius 2 is 0.971 bits per heavy atom. The van der Waals surface area contributed by atoms with Crippen LogP contribution in [0, 0.1) is 23.7 Å². The van der Waals surface area contributed by atoms with Crippen molar-refractivity contribution in [2.45, 2.75) is 53.4 Å². The molecule has 2 aliphatic carbocycles. The molecule has 0 aromatic rings. The number of rotatable bonds is 4. The van der Waals surface area contributed by atoms with Crippen LogP contribution in [0.4, 0.5) is 0 Å². The first-order valence-electron chi connectivity index (χ1n) is 10.8. The molecule has 1 aliphatic heterocycles. The summed E-state index contributed by atoms with van der Waals surface area (Å²) < 4.78 is 8.98. The van der Waals surface area contributed by atoms with Crippen molar-refractivity contribution in [2.24, 2.45) is 23.7 Å². The van der Waals surface area contributed by atoms with E-state index in [0.717, 1.165) is 34.4 Å². The van der Waals surface area contributed by atoms with Crippen LogP contribution in [-0.4, -0.2) is 46.0 Å². The van der Waals surface area contributed by atoms with Crippen molar-refractivity contribution in [2.75, 3.05) is 0 Å². The molecule has 0 aromatic carbocycles. The molecular weight excluding hydrogens is 448 g/mol. The Kier molecular flexibility index (Phi) is 8.67. The highest BCUT2D eigenvalue weighted by Crippen LogP contribution is 2.37. The predicted molar refractivity (Wildman–Crippen MR) is 116 cm³/mol. The van der Waals surface area contributed by atoms with E-state index in [1.165, 1.54) is 0 Å². The van der Waals surface area contributed by atoms with E-state index in [0.29, 0.717) is 0 Å². The lowest BCUT2D eigenvalue weighted by molar-refractivity contribution is -0.172. The van der Waals surface area contributed by atoms with Crippen molar-refractivity contribution in [3.8, 4) is 0 Å². The van der Waals surface area contributed by atoms with Gasteiger partial charge in [0.2, 0.25) is 0 Å². The Hall–Kier alpha value is -3.56. The molecule has 0 amide bonds. The maximum atomic E-state index is 12.6. The van der Waals surface area contributed by atoms with Gasteiger partial charge in [-0.2, -0.15) is 0 Å². The third kappa shape index (κ3) is 6.49. The Labute approximate surface area is 196 Å². The number of cyclic esters (lactones) is 2. The summed E-state index contributed by atoms with van der Waals surface area (Å²) in [5, 5.41) is 18.8.